The predicted octanol–water partition coefficient (Wildman–Crippen LogP) is 2.51. The summed E-state index contributed by atoms with van der Waals surface area (Å²) in [4.78, 5) is 44.5. The molecular formula is C50H55Cl2N5O13. The molecule has 0 atom stereocenters. The molecule has 2 aliphatic rings. The molecule has 4 aromatic carbocycles. The fraction of sp³-hybridized carbons (Fsp3) is 0.340. The van der Waals surface area contributed by atoms with Gasteiger partial charge in [0.2, 0.25) is 17.2 Å². The summed E-state index contributed by atoms with van der Waals surface area (Å²) >= 11 is 6.04. The van der Waals surface area contributed by atoms with Gasteiger partial charge in [-0.2, -0.15) is 0 Å². The van der Waals surface area contributed by atoms with Crippen LogP contribution in [0.1, 0.15) is 41.9 Å². The van der Waals surface area contributed by atoms with Crippen molar-refractivity contribution < 1.29 is 71.4 Å². The van der Waals surface area contributed by atoms with Crippen LogP contribution in [0.5, 0.6) is 5.75 Å². The van der Waals surface area contributed by atoms with Crippen molar-refractivity contribution in [3.05, 3.63) is 118 Å². The molecule has 2 N–H and O–H groups in total. The smallest absolute Gasteiger partial charge is 0.262 e. The predicted molar refractivity (Wildman–Crippen MR) is 252 cm³/mol. The second-order valence-corrected chi connectivity index (χ2v) is 16.8. The summed E-state index contributed by atoms with van der Waals surface area (Å²) in [5.41, 5.74) is 5.34. The average molecular weight is 1000 g/mol. The van der Waals surface area contributed by atoms with Crippen LogP contribution in [0, 0.1) is 17.2 Å². The number of carbonyl (C=O) groups is 3. The molecule has 0 fully saturated rings. The van der Waals surface area contributed by atoms with Crippen LogP contribution >= 0.6 is 11.6 Å². The number of aromatic nitrogens is 2. The van der Waals surface area contributed by atoms with Crippen molar-refractivity contribution in [2.45, 2.75) is 33.6 Å². The molecule has 2 heterocycles. The molecule has 0 bridgehead atoms. The SMILES string of the molecule is CC[N+](CC)=c1ccc2nc3c(cc(NC(=O)CCOCCOCCOCCOCCNC(=O)Cc4c(C)n(C(=O)c5ccc(Cl)cc5)c5ccc(OC)cc45)c4ccccc43)oc-2c1.[O-][Cl+3]([O-])([O-])[O-]. The number of fused-ring (bicyclic) bond motifs is 5. The molecule has 70 heavy (non-hydrogen) atoms. The Morgan fingerprint density at radius 3 is 2.03 bits per heavy atom. The number of nitrogens with one attached hydrogen (secondary N) is 2. The number of hydrogen-bond acceptors (Lipinski definition) is 14. The zero-order chi connectivity index (χ0) is 50.2. The number of rotatable bonds is 22. The molecule has 0 spiro atoms. The molecule has 5 aromatic rings. The van der Waals surface area contributed by atoms with E-state index in [-0.39, 0.29) is 37.2 Å². The molecular weight excluding hydrogens is 949 g/mol. The number of methoxy groups -OCH3 is 1. The maximum atomic E-state index is 13.6. The van der Waals surface area contributed by atoms with Gasteiger partial charge in [-0.25, -0.2) is 28.2 Å². The Labute approximate surface area is 411 Å². The third-order valence-electron chi connectivity index (χ3n) is 11.1. The van der Waals surface area contributed by atoms with Gasteiger partial charge in [0.15, 0.2) is 11.3 Å². The highest BCUT2D eigenvalue weighted by Crippen LogP contribution is 2.34. The van der Waals surface area contributed by atoms with Crippen molar-refractivity contribution >= 4 is 67.8 Å². The monoisotopic (exact) mass is 1000 g/mol. The number of ether oxygens (including phenoxy) is 5. The fourth-order valence-corrected chi connectivity index (χ4v) is 7.88. The zero-order valence-corrected chi connectivity index (χ0v) is 40.8. The Kier molecular flexibility index (Phi) is 19.6. The van der Waals surface area contributed by atoms with Crippen molar-refractivity contribution in [3.8, 4) is 17.2 Å². The second-order valence-electron chi connectivity index (χ2n) is 15.6. The van der Waals surface area contributed by atoms with E-state index in [0.717, 1.165) is 51.4 Å². The molecule has 1 aromatic heterocycles. The Morgan fingerprint density at radius 1 is 0.757 bits per heavy atom. The highest BCUT2D eigenvalue weighted by molar-refractivity contribution is 6.30. The van der Waals surface area contributed by atoms with Gasteiger partial charge < -0.3 is 38.7 Å². The first-order valence-corrected chi connectivity index (χ1v) is 24.1. The van der Waals surface area contributed by atoms with E-state index < -0.39 is 10.2 Å². The summed E-state index contributed by atoms with van der Waals surface area (Å²) < 4.78 is 72.2. The van der Waals surface area contributed by atoms with Crippen molar-refractivity contribution in [1.29, 1.82) is 0 Å². The minimum Gasteiger partial charge on any atom is -0.497 e. The normalized spacial score (nSPS) is 11.5. The van der Waals surface area contributed by atoms with Gasteiger partial charge in [0, 0.05) is 51.1 Å². The van der Waals surface area contributed by atoms with Crippen molar-refractivity contribution in [2.24, 2.45) is 0 Å². The van der Waals surface area contributed by atoms with Gasteiger partial charge in [0.05, 0.1) is 90.1 Å². The number of anilines is 1. The molecule has 2 amide bonds. The first kappa shape index (κ1) is 53.3. The quantitative estimate of drug-likeness (QED) is 0.0429. The van der Waals surface area contributed by atoms with Crippen LogP contribution in [-0.4, -0.2) is 107 Å². The lowest BCUT2D eigenvalue weighted by Gasteiger charge is -2.17. The molecule has 0 unspecified atom stereocenters. The van der Waals surface area contributed by atoms with E-state index in [1.165, 1.54) is 0 Å². The van der Waals surface area contributed by atoms with Crippen LogP contribution in [0.15, 0.2) is 95.4 Å². The lowest BCUT2D eigenvalue weighted by atomic mass is 10.1. The standard InChI is InChI=1S/C50H54ClN5O9.ClHO4/c1-5-55(6-2)36-15-17-42-45(29-36)65-46-32-43(38-9-7-8-10-39(38)49(46)54-42)53-47(57)19-21-61-23-25-63-27-28-64-26-24-62-22-20-52-48(58)31-40-33(3)56(44-18-16-37(60-4)30-41(40)44)50(59)34-11-13-35(51)14-12-34;2-1(3,4)5/h7-18,29-30,32H,5-6,19-28,31H2,1-4H3,(H,52,58);(H,2,3,4,5). The van der Waals surface area contributed by atoms with Crippen molar-refractivity contribution in [2.75, 3.05) is 84.9 Å². The lowest BCUT2D eigenvalue weighted by Crippen LogP contribution is -2.68. The molecule has 1 aliphatic carbocycles. The number of halogens is 2. The van der Waals surface area contributed by atoms with Crippen LogP contribution in [0.2, 0.25) is 5.02 Å². The van der Waals surface area contributed by atoms with Gasteiger partial charge in [-0.1, -0.05) is 35.9 Å². The van der Waals surface area contributed by atoms with E-state index in [4.69, 9.17) is 63.3 Å². The fourth-order valence-electron chi connectivity index (χ4n) is 7.75. The summed E-state index contributed by atoms with van der Waals surface area (Å²) in [6, 6.07) is 27.9. The Bertz CT molecular complexity index is 2920. The van der Waals surface area contributed by atoms with Crippen LogP contribution < -0.4 is 43.9 Å². The van der Waals surface area contributed by atoms with Gasteiger partial charge in [0.25, 0.3) is 5.91 Å². The van der Waals surface area contributed by atoms with Crippen molar-refractivity contribution in [3.63, 3.8) is 0 Å². The number of amides is 2. The first-order chi connectivity index (χ1) is 33.7. The van der Waals surface area contributed by atoms with Crippen LogP contribution in [-0.2, 0) is 35.0 Å². The Balaban J connectivity index is 0.00000153. The molecule has 20 heteroatoms. The topological polar surface area (TPSA) is 248 Å². The van der Waals surface area contributed by atoms with Crippen LogP contribution in [0.3, 0.4) is 0 Å². The maximum Gasteiger partial charge on any atom is 0.262 e. The number of hydrogen-bond donors (Lipinski definition) is 2. The van der Waals surface area contributed by atoms with E-state index in [9.17, 15) is 14.4 Å². The molecule has 0 radical (unpaired) electrons. The third-order valence-corrected chi connectivity index (χ3v) is 11.4. The van der Waals surface area contributed by atoms with E-state index in [0.29, 0.717) is 97.4 Å². The van der Waals surface area contributed by atoms with Gasteiger partial charge in [-0.3, -0.25) is 19.0 Å². The number of nitrogens with zero attached hydrogens (tertiary/aromatic N) is 3. The van der Waals surface area contributed by atoms with E-state index in [1.807, 2.05) is 61.5 Å². The molecule has 18 nitrogen and oxygen atoms in total. The summed E-state index contributed by atoms with van der Waals surface area (Å²) in [6.07, 6.45) is 0.254. The van der Waals surface area contributed by atoms with Crippen LogP contribution in [0.4, 0.5) is 5.69 Å². The van der Waals surface area contributed by atoms with Gasteiger partial charge in [-0.05, 0) is 74.9 Å². The van der Waals surface area contributed by atoms with Crippen LogP contribution in [0.25, 0.3) is 44.2 Å². The largest absolute Gasteiger partial charge is 0.497 e. The lowest BCUT2D eigenvalue weighted by molar-refractivity contribution is -2.00. The maximum absolute atomic E-state index is 13.6. The molecule has 1 aliphatic heterocycles. The van der Waals surface area contributed by atoms with Gasteiger partial charge >= 0.3 is 0 Å². The number of carbonyl (C=O) groups excluding carboxylic acids is 3. The molecule has 0 saturated heterocycles. The first-order valence-electron chi connectivity index (χ1n) is 22.5. The summed E-state index contributed by atoms with van der Waals surface area (Å²) in [5.74, 6) is 0.727. The second kappa shape index (κ2) is 25.7. The summed E-state index contributed by atoms with van der Waals surface area (Å²) in [6.45, 7) is 10.9. The van der Waals surface area contributed by atoms with Gasteiger partial charge in [-0.15, -0.1) is 10.2 Å². The minimum absolute atomic E-state index is 0.0791. The third kappa shape index (κ3) is 14.8. The average Bonchev–Trinajstić information content (AvgIpc) is 3.61. The minimum atomic E-state index is -4.94. The summed E-state index contributed by atoms with van der Waals surface area (Å²) in [7, 11) is -3.37. The Hall–Kier alpha value is -6.03. The van der Waals surface area contributed by atoms with E-state index in [1.54, 1.807) is 42.0 Å². The van der Waals surface area contributed by atoms with E-state index in [2.05, 4.69) is 35.1 Å². The molecule has 372 valence electrons. The summed E-state index contributed by atoms with van der Waals surface area (Å²) in [5, 5.41) is 10.1. The molecule has 0 saturated carbocycles. The van der Waals surface area contributed by atoms with E-state index >= 15 is 0 Å². The Morgan fingerprint density at radius 2 is 1.39 bits per heavy atom. The number of benzene rings is 5. The highest BCUT2D eigenvalue weighted by atomic mass is 35.7. The zero-order valence-electron chi connectivity index (χ0n) is 39.3. The highest BCUT2D eigenvalue weighted by Gasteiger charge is 2.22. The van der Waals surface area contributed by atoms with Gasteiger partial charge in [0.1, 0.15) is 30.0 Å². The molecule has 7 rings (SSSR count). The van der Waals surface area contributed by atoms with Crippen molar-refractivity contribution in [1.82, 2.24) is 19.4 Å².